The van der Waals surface area contributed by atoms with Crippen LogP contribution < -0.4 is 4.90 Å². The van der Waals surface area contributed by atoms with Crippen molar-refractivity contribution in [1.29, 1.82) is 5.26 Å². The highest BCUT2D eigenvalue weighted by molar-refractivity contribution is 5.51. The third-order valence-electron chi connectivity index (χ3n) is 2.43. The average molecular weight is 172 g/mol. The highest BCUT2D eigenvalue weighted by atomic mass is 15.2. The molecule has 0 radical (unpaired) electrons. The van der Waals surface area contributed by atoms with Crippen LogP contribution in [0.25, 0.3) is 0 Å². The van der Waals surface area contributed by atoms with Crippen molar-refractivity contribution in [2.24, 2.45) is 5.92 Å². The molecule has 0 bridgehead atoms. The van der Waals surface area contributed by atoms with Gasteiger partial charge in [0.1, 0.15) is 0 Å². The predicted molar refractivity (Wildman–Crippen MR) is 52.5 cm³/mol. The van der Waals surface area contributed by atoms with E-state index in [1.807, 2.05) is 24.3 Å². The molecule has 66 valence electrons. The Balaban J connectivity index is 2.11. The lowest BCUT2D eigenvalue weighted by atomic mass is 10.0. The lowest BCUT2D eigenvalue weighted by Gasteiger charge is -2.39. The molecule has 2 rings (SSSR count). The van der Waals surface area contributed by atoms with E-state index in [1.54, 1.807) is 0 Å². The molecule has 1 aromatic rings. The van der Waals surface area contributed by atoms with E-state index in [1.165, 1.54) is 5.69 Å². The van der Waals surface area contributed by atoms with Crippen molar-refractivity contribution in [3.05, 3.63) is 29.8 Å². The molecule has 0 saturated carbocycles. The minimum absolute atomic E-state index is 0.734. The summed E-state index contributed by atoms with van der Waals surface area (Å²) in [5, 5.41) is 8.62. The standard InChI is InChI=1S/C11H12N2/c1-9-7-13(8-9)11-4-2-10(6-12)3-5-11/h2-5,9H,7-8H2,1H3. The average Bonchev–Trinajstić information content (AvgIpc) is 2.13. The first kappa shape index (κ1) is 8.12. The quantitative estimate of drug-likeness (QED) is 0.648. The largest absolute Gasteiger partial charge is 0.371 e. The molecule has 0 aromatic heterocycles. The van der Waals surface area contributed by atoms with Gasteiger partial charge in [0, 0.05) is 18.8 Å². The number of benzene rings is 1. The molecule has 1 aliphatic heterocycles. The van der Waals surface area contributed by atoms with Gasteiger partial charge in [-0.3, -0.25) is 0 Å². The molecule has 0 atom stereocenters. The lowest BCUT2D eigenvalue weighted by Crippen LogP contribution is -2.45. The van der Waals surface area contributed by atoms with Crippen molar-refractivity contribution < 1.29 is 0 Å². The summed E-state index contributed by atoms with van der Waals surface area (Å²) in [4.78, 5) is 2.33. The zero-order chi connectivity index (χ0) is 9.26. The fourth-order valence-corrected chi connectivity index (χ4v) is 1.66. The second kappa shape index (κ2) is 3.10. The Kier molecular flexibility index (Phi) is 1.94. The molecule has 2 nitrogen and oxygen atoms in total. The second-order valence-corrected chi connectivity index (χ2v) is 3.67. The van der Waals surface area contributed by atoms with Crippen LogP contribution in [0.2, 0.25) is 0 Å². The van der Waals surface area contributed by atoms with E-state index in [0.717, 1.165) is 24.6 Å². The van der Waals surface area contributed by atoms with Crippen LogP contribution in [0.4, 0.5) is 5.69 Å². The number of hydrogen-bond donors (Lipinski definition) is 0. The van der Waals surface area contributed by atoms with E-state index in [2.05, 4.69) is 17.9 Å². The van der Waals surface area contributed by atoms with Gasteiger partial charge in [-0.25, -0.2) is 0 Å². The zero-order valence-corrected chi connectivity index (χ0v) is 7.70. The van der Waals surface area contributed by atoms with Crippen LogP contribution in [0.1, 0.15) is 12.5 Å². The first-order valence-corrected chi connectivity index (χ1v) is 4.54. The topological polar surface area (TPSA) is 27.0 Å². The van der Waals surface area contributed by atoms with Crippen LogP contribution in [-0.4, -0.2) is 13.1 Å². The summed E-state index contributed by atoms with van der Waals surface area (Å²) >= 11 is 0. The van der Waals surface area contributed by atoms with Crippen LogP contribution in [0.3, 0.4) is 0 Å². The lowest BCUT2D eigenvalue weighted by molar-refractivity contribution is 0.447. The van der Waals surface area contributed by atoms with Crippen molar-refractivity contribution in [3.8, 4) is 6.07 Å². The Morgan fingerprint density at radius 2 is 1.92 bits per heavy atom. The van der Waals surface area contributed by atoms with Crippen molar-refractivity contribution in [2.75, 3.05) is 18.0 Å². The smallest absolute Gasteiger partial charge is 0.0991 e. The van der Waals surface area contributed by atoms with Gasteiger partial charge in [0.15, 0.2) is 0 Å². The molecule has 1 fully saturated rings. The Morgan fingerprint density at radius 3 is 2.38 bits per heavy atom. The van der Waals surface area contributed by atoms with Gasteiger partial charge in [0.25, 0.3) is 0 Å². The number of anilines is 1. The van der Waals surface area contributed by atoms with Gasteiger partial charge < -0.3 is 4.90 Å². The second-order valence-electron chi connectivity index (χ2n) is 3.67. The molecule has 1 aromatic carbocycles. The summed E-state index contributed by atoms with van der Waals surface area (Å²) in [6, 6.07) is 9.90. The highest BCUT2D eigenvalue weighted by Crippen LogP contribution is 2.23. The van der Waals surface area contributed by atoms with Crippen LogP contribution >= 0.6 is 0 Å². The summed E-state index contributed by atoms with van der Waals surface area (Å²) < 4.78 is 0. The van der Waals surface area contributed by atoms with Crippen LogP contribution in [-0.2, 0) is 0 Å². The van der Waals surface area contributed by atoms with Gasteiger partial charge in [-0.05, 0) is 30.2 Å². The minimum atomic E-state index is 0.734. The van der Waals surface area contributed by atoms with Crippen LogP contribution in [0.5, 0.6) is 0 Å². The highest BCUT2D eigenvalue weighted by Gasteiger charge is 2.22. The maximum atomic E-state index is 8.62. The predicted octanol–water partition coefficient (Wildman–Crippen LogP) is 2.01. The van der Waals surface area contributed by atoms with E-state index in [9.17, 15) is 0 Å². The zero-order valence-electron chi connectivity index (χ0n) is 7.70. The third kappa shape index (κ3) is 1.50. The number of hydrogen-bond acceptors (Lipinski definition) is 2. The first-order chi connectivity index (χ1) is 6.29. The van der Waals surface area contributed by atoms with Crippen LogP contribution in [0, 0.1) is 17.2 Å². The minimum Gasteiger partial charge on any atom is -0.371 e. The molecule has 0 N–H and O–H groups in total. The van der Waals surface area contributed by atoms with E-state index in [-0.39, 0.29) is 0 Å². The molecule has 1 heterocycles. The molecule has 1 aliphatic rings. The summed E-state index contributed by atoms with van der Waals surface area (Å²) in [6.07, 6.45) is 0. The molecule has 2 heteroatoms. The maximum Gasteiger partial charge on any atom is 0.0991 e. The van der Waals surface area contributed by atoms with Crippen LogP contribution in [0.15, 0.2) is 24.3 Å². The molecule has 0 aliphatic carbocycles. The van der Waals surface area contributed by atoms with Crippen molar-refractivity contribution in [1.82, 2.24) is 0 Å². The Morgan fingerprint density at radius 1 is 1.31 bits per heavy atom. The fourth-order valence-electron chi connectivity index (χ4n) is 1.66. The van der Waals surface area contributed by atoms with E-state index in [4.69, 9.17) is 5.26 Å². The van der Waals surface area contributed by atoms with Crippen molar-refractivity contribution in [2.45, 2.75) is 6.92 Å². The molecule has 0 amide bonds. The third-order valence-corrected chi connectivity index (χ3v) is 2.43. The maximum absolute atomic E-state index is 8.62. The van der Waals surface area contributed by atoms with Gasteiger partial charge >= 0.3 is 0 Å². The van der Waals surface area contributed by atoms with E-state index >= 15 is 0 Å². The Bertz CT molecular complexity index is 328. The van der Waals surface area contributed by atoms with Crippen molar-refractivity contribution in [3.63, 3.8) is 0 Å². The summed E-state index contributed by atoms with van der Waals surface area (Å²) in [5.41, 5.74) is 1.97. The van der Waals surface area contributed by atoms with E-state index in [0.29, 0.717) is 0 Å². The molecule has 13 heavy (non-hydrogen) atoms. The summed E-state index contributed by atoms with van der Waals surface area (Å²) in [5.74, 6) is 0.815. The summed E-state index contributed by atoms with van der Waals surface area (Å²) in [7, 11) is 0. The fraction of sp³-hybridized carbons (Fsp3) is 0.364. The Hall–Kier alpha value is -1.49. The summed E-state index contributed by atoms with van der Waals surface area (Å²) in [6.45, 7) is 4.54. The molecular formula is C11H12N2. The monoisotopic (exact) mass is 172 g/mol. The number of rotatable bonds is 1. The van der Waals surface area contributed by atoms with Gasteiger partial charge in [-0.15, -0.1) is 0 Å². The van der Waals surface area contributed by atoms with Gasteiger partial charge in [0.2, 0.25) is 0 Å². The van der Waals surface area contributed by atoms with E-state index < -0.39 is 0 Å². The normalized spacial score (nSPS) is 16.5. The SMILES string of the molecule is CC1CN(c2ccc(C#N)cc2)C1. The molecule has 1 saturated heterocycles. The molecule has 0 spiro atoms. The van der Waals surface area contributed by atoms with Gasteiger partial charge in [-0.1, -0.05) is 6.92 Å². The first-order valence-electron chi connectivity index (χ1n) is 4.54. The van der Waals surface area contributed by atoms with Crippen molar-refractivity contribution >= 4 is 5.69 Å². The Labute approximate surface area is 78.4 Å². The number of nitrogens with zero attached hydrogens (tertiary/aromatic N) is 2. The molecule has 0 unspecified atom stereocenters. The number of nitriles is 1. The molecular weight excluding hydrogens is 160 g/mol. The van der Waals surface area contributed by atoms with Gasteiger partial charge in [0.05, 0.1) is 11.6 Å². The van der Waals surface area contributed by atoms with Gasteiger partial charge in [-0.2, -0.15) is 5.26 Å².